The lowest BCUT2D eigenvalue weighted by Gasteiger charge is -2.17. The van der Waals surface area contributed by atoms with E-state index >= 15 is 0 Å². The third kappa shape index (κ3) is 2.52. The third-order valence-corrected chi connectivity index (χ3v) is 2.69. The second-order valence-corrected chi connectivity index (χ2v) is 4.00. The maximum absolute atomic E-state index is 13.7. The molecular formula is C13H13F2N3. The summed E-state index contributed by atoms with van der Waals surface area (Å²) < 4.78 is 26.9. The van der Waals surface area contributed by atoms with Gasteiger partial charge < -0.3 is 0 Å². The number of nitrogens with two attached hydrogens (primary N) is 1. The lowest BCUT2D eigenvalue weighted by atomic mass is 9.99. The molecule has 0 saturated carbocycles. The van der Waals surface area contributed by atoms with Gasteiger partial charge in [-0.2, -0.15) is 0 Å². The highest BCUT2D eigenvalue weighted by atomic mass is 19.1. The highest BCUT2D eigenvalue weighted by Gasteiger charge is 2.17. The van der Waals surface area contributed by atoms with Gasteiger partial charge in [-0.15, -0.1) is 0 Å². The van der Waals surface area contributed by atoms with Gasteiger partial charge in [-0.05, 0) is 42.8 Å². The van der Waals surface area contributed by atoms with E-state index in [9.17, 15) is 8.78 Å². The van der Waals surface area contributed by atoms with Gasteiger partial charge in [0.25, 0.3) is 0 Å². The molecule has 5 heteroatoms. The number of halogens is 2. The van der Waals surface area contributed by atoms with Gasteiger partial charge in [0.05, 0.1) is 6.04 Å². The predicted octanol–water partition coefficient (Wildman–Crippen LogP) is 2.22. The number of hydrazine groups is 1. The van der Waals surface area contributed by atoms with Gasteiger partial charge in [-0.1, -0.05) is 0 Å². The Labute approximate surface area is 104 Å². The highest BCUT2D eigenvalue weighted by Crippen LogP contribution is 2.24. The Balaban J connectivity index is 2.48. The van der Waals surface area contributed by atoms with Crippen LogP contribution < -0.4 is 11.3 Å². The first-order valence-corrected chi connectivity index (χ1v) is 5.45. The average Bonchev–Trinajstić information content (AvgIpc) is 2.35. The van der Waals surface area contributed by atoms with Gasteiger partial charge in [0, 0.05) is 17.5 Å². The summed E-state index contributed by atoms with van der Waals surface area (Å²) in [5.41, 5.74) is 4.18. The molecule has 2 rings (SSSR count). The minimum absolute atomic E-state index is 0.170. The van der Waals surface area contributed by atoms with Gasteiger partial charge in [0.2, 0.25) is 0 Å². The quantitative estimate of drug-likeness (QED) is 0.647. The number of benzene rings is 1. The van der Waals surface area contributed by atoms with E-state index in [4.69, 9.17) is 5.84 Å². The van der Waals surface area contributed by atoms with Gasteiger partial charge in [0.15, 0.2) is 0 Å². The molecule has 1 aromatic carbocycles. The van der Waals surface area contributed by atoms with E-state index in [1.165, 1.54) is 0 Å². The van der Waals surface area contributed by atoms with Crippen molar-refractivity contribution in [2.75, 3.05) is 0 Å². The Kier molecular flexibility index (Phi) is 3.64. The summed E-state index contributed by atoms with van der Waals surface area (Å²) in [5, 5.41) is 0. The molecule has 0 amide bonds. The van der Waals surface area contributed by atoms with E-state index in [-0.39, 0.29) is 5.56 Å². The molecule has 3 N–H and O–H groups in total. The van der Waals surface area contributed by atoms with Crippen LogP contribution in [0.5, 0.6) is 0 Å². The van der Waals surface area contributed by atoms with Crippen LogP contribution in [0.4, 0.5) is 8.78 Å². The van der Waals surface area contributed by atoms with Crippen LogP contribution in [0.15, 0.2) is 36.5 Å². The van der Waals surface area contributed by atoms with Crippen molar-refractivity contribution in [1.82, 2.24) is 10.4 Å². The van der Waals surface area contributed by atoms with Gasteiger partial charge >= 0.3 is 0 Å². The molecule has 0 saturated heterocycles. The van der Waals surface area contributed by atoms with Crippen LogP contribution in [0.1, 0.15) is 22.9 Å². The first-order chi connectivity index (χ1) is 8.61. The Hall–Kier alpha value is -1.85. The molecule has 0 spiro atoms. The van der Waals surface area contributed by atoms with Gasteiger partial charge in [-0.3, -0.25) is 10.8 Å². The van der Waals surface area contributed by atoms with Crippen molar-refractivity contribution in [2.24, 2.45) is 5.84 Å². The molecule has 0 aliphatic rings. The highest BCUT2D eigenvalue weighted by molar-refractivity contribution is 5.33. The molecule has 3 nitrogen and oxygen atoms in total. The van der Waals surface area contributed by atoms with Crippen LogP contribution in [-0.2, 0) is 0 Å². The molecule has 1 aromatic heterocycles. The fourth-order valence-corrected chi connectivity index (χ4v) is 1.85. The molecule has 0 aliphatic heterocycles. The zero-order chi connectivity index (χ0) is 13.1. The van der Waals surface area contributed by atoms with Crippen LogP contribution in [0.25, 0.3) is 0 Å². The van der Waals surface area contributed by atoms with Gasteiger partial charge in [0.1, 0.15) is 11.6 Å². The van der Waals surface area contributed by atoms with Crippen molar-refractivity contribution in [3.63, 3.8) is 0 Å². The Morgan fingerprint density at radius 2 is 2.00 bits per heavy atom. The molecule has 1 atom stereocenters. The van der Waals surface area contributed by atoms with Gasteiger partial charge in [-0.25, -0.2) is 14.2 Å². The standard InChI is InChI=1S/C13H13F2N3/c1-8-6-9(4-5-17-8)13(18-16)11-7-10(14)2-3-12(11)15/h2-7,13,18H,16H2,1H3. The third-order valence-electron chi connectivity index (χ3n) is 2.69. The molecule has 0 radical (unpaired) electrons. The molecule has 1 heterocycles. The van der Waals surface area contributed by atoms with Crippen LogP contribution in [-0.4, -0.2) is 4.98 Å². The first-order valence-electron chi connectivity index (χ1n) is 5.45. The summed E-state index contributed by atoms with van der Waals surface area (Å²) >= 11 is 0. The number of pyridine rings is 1. The van der Waals surface area contributed by atoms with Crippen molar-refractivity contribution in [3.8, 4) is 0 Å². The van der Waals surface area contributed by atoms with Crippen LogP contribution >= 0.6 is 0 Å². The first kappa shape index (κ1) is 12.6. The summed E-state index contributed by atoms with van der Waals surface area (Å²) in [4.78, 5) is 4.05. The second kappa shape index (κ2) is 5.20. The normalized spacial score (nSPS) is 12.4. The lowest BCUT2D eigenvalue weighted by Crippen LogP contribution is -2.29. The fourth-order valence-electron chi connectivity index (χ4n) is 1.85. The minimum Gasteiger partial charge on any atom is -0.271 e. The lowest BCUT2D eigenvalue weighted by molar-refractivity contribution is 0.545. The minimum atomic E-state index is -0.609. The molecule has 0 bridgehead atoms. The van der Waals surface area contributed by atoms with E-state index in [0.717, 1.165) is 29.5 Å². The SMILES string of the molecule is Cc1cc(C(NN)c2cc(F)ccc2F)ccn1. The average molecular weight is 249 g/mol. The van der Waals surface area contributed by atoms with Crippen molar-refractivity contribution in [2.45, 2.75) is 13.0 Å². The maximum atomic E-state index is 13.7. The summed E-state index contributed by atoms with van der Waals surface area (Å²) in [7, 11) is 0. The van der Waals surface area contributed by atoms with E-state index in [2.05, 4.69) is 10.4 Å². The number of aryl methyl sites for hydroxylation is 1. The van der Waals surface area contributed by atoms with E-state index in [1.54, 1.807) is 18.3 Å². The topological polar surface area (TPSA) is 50.9 Å². The molecule has 0 fully saturated rings. The van der Waals surface area contributed by atoms with Crippen LogP contribution in [0.2, 0.25) is 0 Å². The van der Waals surface area contributed by atoms with E-state index in [0.29, 0.717) is 0 Å². The Morgan fingerprint density at radius 1 is 1.22 bits per heavy atom. The number of hydrogen-bond donors (Lipinski definition) is 2. The summed E-state index contributed by atoms with van der Waals surface area (Å²) in [6, 6.07) is 6.17. The molecule has 0 aliphatic carbocycles. The summed E-state index contributed by atoms with van der Waals surface area (Å²) in [5.74, 6) is 4.44. The van der Waals surface area contributed by atoms with Crippen LogP contribution in [0, 0.1) is 18.6 Å². The largest absolute Gasteiger partial charge is 0.271 e. The molecule has 2 aromatic rings. The zero-order valence-corrected chi connectivity index (χ0v) is 9.82. The molecule has 1 unspecified atom stereocenters. The summed E-state index contributed by atoms with van der Waals surface area (Å²) in [6.45, 7) is 1.82. The Bertz CT molecular complexity index is 558. The van der Waals surface area contributed by atoms with E-state index in [1.807, 2.05) is 6.92 Å². The number of nitrogens with one attached hydrogen (secondary N) is 1. The summed E-state index contributed by atoms with van der Waals surface area (Å²) in [6.07, 6.45) is 1.60. The van der Waals surface area contributed by atoms with Crippen molar-refractivity contribution in [3.05, 3.63) is 65.0 Å². The van der Waals surface area contributed by atoms with Crippen molar-refractivity contribution < 1.29 is 8.78 Å². The number of rotatable bonds is 3. The molecule has 18 heavy (non-hydrogen) atoms. The van der Waals surface area contributed by atoms with Crippen molar-refractivity contribution >= 4 is 0 Å². The molecule has 94 valence electrons. The fraction of sp³-hybridized carbons (Fsp3) is 0.154. The van der Waals surface area contributed by atoms with Crippen molar-refractivity contribution in [1.29, 1.82) is 0 Å². The molecular weight excluding hydrogens is 236 g/mol. The smallest absolute Gasteiger partial charge is 0.128 e. The number of aromatic nitrogens is 1. The predicted molar refractivity (Wildman–Crippen MR) is 64.5 cm³/mol. The maximum Gasteiger partial charge on any atom is 0.128 e. The Morgan fingerprint density at radius 3 is 2.67 bits per heavy atom. The van der Waals surface area contributed by atoms with Crippen LogP contribution in [0.3, 0.4) is 0 Å². The number of hydrogen-bond acceptors (Lipinski definition) is 3. The monoisotopic (exact) mass is 249 g/mol. The second-order valence-electron chi connectivity index (χ2n) is 4.00. The van der Waals surface area contributed by atoms with E-state index < -0.39 is 17.7 Å². The zero-order valence-electron chi connectivity index (χ0n) is 9.82. The number of nitrogens with zero attached hydrogens (tertiary/aromatic N) is 1.